The van der Waals surface area contributed by atoms with Gasteiger partial charge in [0, 0.05) is 38.8 Å². The number of hydrogen-bond acceptors (Lipinski definition) is 5. The Kier molecular flexibility index (Phi) is 5.71. The Balaban J connectivity index is 2.05. The fraction of sp³-hybridized carbons (Fsp3) is 0.533. The smallest absolute Gasteiger partial charge is 0.255 e. The zero-order valence-corrected chi connectivity index (χ0v) is 13.0. The quantitative estimate of drug-likeness (QED) is 0.754. The van der Waals surface area contributed by atoms with Crippen molar-refractivity contribution in [3.63, 3.8) is 0 Å². The molecule has 1 aromatic rings. The Morgan fingerprint density at radius 1 is 1.23 bits per heavy atom. The van der Waals surface area contributed by atoms with Crippen molar-refractivity contribution >= 4 is 17.6 Å². The second-order valence-electron chi connectivity index (χ2n) is 5.16. The van der Waals surface area contributed by atoms with E-state index < -0.39 is 0 Å². The number of aromatic nitrogens is 1. The number of ether oxygens (including phenoxy) is 1. The summed E-state index contributed by atoms with van der Waals surface area (Å²) in [5.41, 5.74) is 1.42. The van der Waals surface area contributed by atoms with Gasteiger partial charge in [-0.3, -0.25) is 9.59 Å². The molecule has 22 heavy (non-hydrogen) atoms. The third-order valence-corrected chi connectivity index (χ3v) is 3.35. The monoisotopic (exact) mass is 306 g/mol. The average Bonchev–Trinajstić information content (AvgIpc) is 2.52. The predicted octanol–water partition coefficient (Wildman–Crippen LogP) is 0.0925. The van der Waals surface area contributed by atoms with E-state index in [-0.39, 0.29) is 11.8 Å². The molecule has 120 valence electrons. The highest BCUT2D eigenvalue weighted by molar-refractivity contribution is 5.99. The van der Waals surface area contributed by atoms with Crippen LogP contribution in [0.2, 0.25) is 0 Å². The highest BCUT2D eigenvalue weighted by Crippen LogP contribution is 2.19. The van der Waals surface area contributed by atoms with Gasteiger partial charge in [0.2, 0.25) is 5.91 Å². The molecule has 0 radical (unpaired) electrons. The maximum atomic E-state index is 12.3. The Morgan fingerprint density at radius 2 is 1.91 bits per heavy atom. The van der Waals surface area contributed by atoms with Gasteiger partial charge < -0.3 is 20.3 Å². The summed E-state index contributed by atoms with van der Waals surface area (Å²) in [6, 6.07) is 3.62. The number of anilines is 1. The second-order valence-corrected chi connectivity index (χ2v) is 5.16. The molecule has 2 rings (SSSR count). The molecule has 0 bridgehead atoms. The van der Waals surface area contributed by atoms with E-state index in [1.54, 1.807) is 6.07 Å². The van der Waals surface area contributed by atoms with Gasteiger partial charge in [-0.1, -0.05) is 0 Å². The van der Waals surface area contributed by atoms with Crippen molar-refractivity contribution in [3.8, 4) is 0 Å². The standard InChI is InChI=1S/C15H22N4O3/c1-11-3-4-13(15(21)17-6-5-16-12(2)20)14(18-11)19-7-9-22-10-8-19/h3-4H,5-10H2,1-2H3,(H,16,20)(H,17,21). The Labute approximate surface area is 130 Å². The lowest BCUT2D eigenvalue weighted by atomic mass is 10.2. The zero-order chi connectivity index (χ0) is 15.9. The van der Waals surface area contributed by atoms with Crippen molar-refractivity contribution in [1.29, 1.82) is 0 Å². The van der Waals surface area contributed by atoms with Crippen LogP contribution in [0, 0.1) is 6.92 Å². The molecule has 1 saturated heterocycles. The predicted molar refractivity (Wildman–Crippen MR) is 83.0 cm³/mol. The highest BCUT2D eigenvalue weighted by atomic mass is 16.5. The summed E-state index contributed by atoms with van der Waals surface area (Å²) in [5, 5.41) is 5.44. The van der Waals surface area contributed by atoms with Crippen LogP contribution in [-0.2, 0) is 9.53 Å². The molecule has 1 aliphatic heterocycles. The summed E-state index contributed by atoms with van der Waals surface area (Å²) in [5.74, 6) is 0.403. The Hall–Kier alpha value is -2.15. The topological polar surface area (TPSA) is 83.6 Å². The van der Waals surface area contributed by atoms with Crippen molar-refractivity contribution in [3.05, 3.63) is 23.4 Å². The van der Waals surface area contributed by atoms with E-state index in [1.807, 2.05) is 13.0 Å². The lowest BCUT2D eigenvalue weighted by Gasteiger charge is -2.29. The van der Waals surface area contributed by atoms with Gasteiger partial charge in [-0.2, -0.15) is 0 Å². The lowest BCUT2D eigenvalue weighted by Crippen LogP contribution is -2.39. The largest absolute Gasteiger partial charge is 0.378 e. The zero-order valence-electron chi connectivity index (χ0n) is 13.0. The Morgan fingerprint density at radius 3 is 2.59 bits per heavy atom. The molecule has 1 aliphatic rings. The van der Waals surface area contributed by atoms with E-state index in [0.717, 1.165) is 18.8 Å². The summed E-state index contributed by atoms with van der Waals surface area (Å²) in [6.07, 6.45) is 0. The molecule has 7 nitrogen and oxygen atoms in total. The maximum Gasteiger partial charge on any atom is 0.255 e. The number of rotatable bonds is 5. The normalized spacial score (nSPS) is 14.5. The SMILES string of the molecule is CC(=O)NCCNC(=O)c1ccc(C)nc1N1CCOCC1. The molecule has 2 amide bonds. The molecular formula is C15H22N4O3. The van der Waals surface area contributed by atoms with Gasteiger partial charge >= 0.3 is 0 Å². The molecule has 0 spiro atoms. The van der Waals surface area contributed by atoms with Crippen LogP contribution in [0.3, 0.4) is 0 Å². The number of pyridine rings is 1. The van der Waals surface area contributed by atoms with Crippen LogP contribution in [-0.4, -0.2) is 56.2 Å². The van der Waals surface area contributed by atoms with Crippen molar-refractivity contribution in [2.24, 2.45) is 0 Å². The first kappa shape index (κ1) is 16.2. The van der Waals surface area contributed by atoms with Crippen molar-refractivity contribution < 1.29 is 14.3 Å². The number of carbonyl (C=O) groups excluding carboxylic acids is 2. The summed E-state index contributed by atoms with van der Waals surface area (Å²) >= 11 is 0. The van der Waals surface area contributed by atoms with Crippen molar-refractivity contribution in [1.82, 2.24) is 15.6 Å². The third kappa shape index (κ3) is 4.42. The van der Waals surface area contributed by atoms with Gasteiger partial charge in [0.15, 0.2) is 0 Å². The number of nitrogens with one attached hydrogen (secondary N) is 2. The average molecular weight is 306 g/mol. The second kappa shape index (κ2) is 7.74. The number of hydrogen-bond donors (Lipinski definition) is 2. The number of amides is 2. The minimum Gasteiger partial charge on any atom is -0.378 e. The third-order valence-electron chi connectivity index (χ3n) is 3.35. The Bertz CT molecular complexity index is 542. The number of nitrogens with zero attached hydrogens (tertiary/aromatic N) is 2. The molecule has 2 N–H and O–H groups in total. The number of carbonyl (C=O) groups is 2. The van der Waals surface area contributed by atoms with E-state index >= 15 is 0 Å². The maximum absolute atomic E-state index is 12.3. The summed E-state index contributed by atoms with van der Waals surface area (Å²) in [4.78, 5) is 29.7. The van der Waals surface area contributed by atoms with Crippen LogP contribution in [0.15, 0.2) is 12.1 Å². The molecule has 0 saturated carbocycles. The van der Waals surface area contributed by atoms with E-state index in [9.17, 15) is 9.59 Å². The van der Waals surface area contributed by atoms with Gasteiger partial charge in [-0.15, -0.1) is 0 Å². The van der Waals surface area contributed by atoms with E-state index in [0.29, 0.717) is 37.7 Å². The van der Waals surface area contributed by atoms with Crippen molar-refractivity contribution in [2.75, 3.05) is 44.3 Å². The van der Waals surface area contributed by atoms with Gasteiger partial charge in [0.1, 0.15) is 5.82 Å². The number of aryl methyl sites for hydroxylation is 1. The van der Waals surface area contributed by atoms with E-state index in [4.69, 9.17) is 4.74 Å². The number of morpholine rings is 1. The van der Waals surface area contributed by atoms with E-state index in [1.165, 1.54) is 6.92 Å². The first-order valence-electron chi connectivity index (χ1n) is 7.41. The fourth-order valence-corrected chi connectivity index (χ4v) is 2.25. The van der Waals surface area contributed by atoms with Gasteiger partial charge in [0.25, 0.3) is 5.91 Å². The molecule has 0 unspecified atom stereocenters. The molecule has 0 atom stereocenters. The van der Waals surface area contributed by atoms with Crippen LogP contribution >= 0.6 is 0 Å². The summed E-state index contributed by atoms with van der Waals surface area (Å²) in [6.45, 7) is 6.87. The molecule has 2 heterocycles. The van der Waals surface area contributed by atoms with Crippen LogP contribution in [0.25, 0.3) is 0 Å². The van der Waals surface area contributed by atoms with Gasteiger partial charge in [0.05, 0.1) is 18.8 Å². The van der Waals surface area contributed by atoms with Crippen LogP contribution in [0.1, 0.15) is 23.0 Å². The minimum absolute atomic E-state index is 0.111. The van der Waals surface area contributed by atoms with Crippen LogP contribution < -0.4 is 15.5 Å². The minimum atomic E-state index is -0.181. The fourth-order valence-electron chi connectivity index (χ4n) is 2.25. The highest BCUT2D eigenvalue weighted by Gasteiger charge is 2.20. The molecule has 0 aromatic carbocycles. The van der Waals surface area contributed by atoms with Gasteiger partial charge in [-0.05, 0) is 19.1 Å². The first-order valence-corrected chi connectivity index (χ1v) is 7.41. The lowest BCUT2D eigenvalue weighted by molar-refractivity contribution is -0.118. The van der Waals surface area contributed by atoms with Crippen molar-refractivity contribution in [2.45, 2.75) is 13.8 Å². The van der Waals surface area contributed by atoms with Crippen LogP contribution in [0.5, 0.6) is 0 Å². The molecular weight excluding hydrogens is 284 g/mol. The summed E-state index contributed by atoms with van der Waals surface area (Å²) < 4.78 is 5.34. The summed E-state index contributed by atoms with van der Waals surface area (Å²) in [7, 11) is 0. The molecule has 1 aromatic heterocycles. The van der Waals surface area contributed by atoms with Gasteiger partial charge in [-0.25, -0.2) is 4.98 Å². The molecule has 1 fully saturated rings. The van der Waals surface area contributed by atoms with E-state index in [2.05, 4.69) is 20.5 Å². The first-order chi connectivity index (χ1) is 10.6. The molecule has 0 aliphatic carbocycles. The molecule has 7 heteroatoms. The van der Waals surface area contributed by atoms with Crippen LogP contribution in [0.4, 0.5) is 5.82 Å².